The number of carbonyl (C=O) groups excluding carboxylic acids is 1. The van der Waals surface area contributed by atoms with Crippen molar-refractivity contribution in [1.29, 1.82) is 0 Å². The van der Waals surface area contributed by atoms with E-state index in [9.17, 15) is 4.79 Å². The number of ether oxygens (including phenoxy) is 3. The number of rotatable bonds is 12. The molecule has 0 saturated heterocycles. The Labute approximate surface area is 191 Å². The highest BCUT2D eigenvalue weighted by Crippen LogP contribution is 2.28. The van der Waals surface area contributed by atoms with Crippen molar-refractivity contribution in [2.45, 2.75) is 25.4 Å². The lowest BCUT2D eigenvalue weighted by Crippen LogP contribution is -2.27. The van der Waals surface area contributed by atoms with Crippen LogP contribution in [0.25, 0.3) is 5.69 Å². The normalized spacial score (nSPS) is 10.6. The van der Waals surface area contributed by atoms with E-state index in [2.05, 4.69) is 20.8 Å². The van der Waals surface area contributed by atoms with Crippen LogP contribution in [0.3, 0.4) is 0 Å². The van der Waals surface area contributed by atoms with Crippen molar-refractivity contribution in [3.63, 3.8) is 0 Å². The van der Waals surface area contributed by atoms with Gasteiger partial charge in [0.15, 0.2) is 11.5 Å². The number of amides is 1. The molecule has 10 heteroatoms. The number of thioether (sulfide) groups is 1. The van der Waals surface area contributed by atoms with Gasteiger partial charge in [-0.05, 0) is 72.7 Å². The molecule has 0 unspecified atom stereocenters. The summed E-state index contributed by atoms with van der Waals surface area (Å²) in [5.74, 6) is 2.32. The maximum absolute atomic E-state index is 12.3. The van der Waals surface area contributed by atoms with Gasteiger partial charge in [-0.2, -0.15) is 4.68 Å². The summed E-state index contributed by atoms with van der Waals surface area (Å²) in [5.41, 5.74) is 1.85. The van der Waals surface area contributed by atoms with Gasteiger partial charge in [0.2, 0.25) is 11.1 Å². The van der Waals surface area contributed by atoms with Crippen LogP contribution >= 0.6 is 11.8 Å². The van der Waals surface area contributed by atoms with E-state index in [0.717, 1.165) is 28.5 Å². The molecule has 0 aliphatic heterocycles. The smallest absolute Gasteiger partial charge is 0.230 e. The number of tetrazole rings is 1. The molecular formula is C22H27N5O4S. The van der Waals surface area contributed by atoms with Crippen molar-refractivity contribution in [2.24, 2.45) is 0 Å². The molecule has 32 heavy (non-hydrogen) atoms. The minimum absolute atomic E-state index is 0.0877. The molecule has 0 bridgehead atoms. The second-order valence-electron chi connectivity index (χ2n) is 6.61. The zero-order valence-corrected chi connectivity index (χ0v) is 19.2. The van der Waals surface area contributed by atoms with Crippen LogP contribution in [0.1, 0.15) is 19.4 Å². The molecule has 0 fully saturated rings. The molecular weight excluding hydrogens is 430 g/mol. The summed E-state index contributed by atoms with van der Waals surface area (Å²) in [6.07, 6.45) is 0.687. The highest BCUT2D eigenvalue weighted by atomic mass is 32.2. The van der Waals surface area contributed by atoms with E-state index in [1.54, 1.807) is 11.8 Å². The molecule has 3 rings (SSSR count). The Morgan fingerprint density at radius 3 is 2.53 bits per heavy atom. The van der Waals surface area contributed by atoms with Crippen LogP contribution in [-0.2, 0) is 11.2 Å². The molecule has 1 heterocycles. The van der Waals surface area contributed by atoms with Crippen LogP contribution < -0.4 is 19.5 Å². The van der Waals surface area contributed by atoms with Gasteiger partial charge in [0.1, 0.15) is 5.75 Å². The SMILES string of the molecule is CCOc1ccc(CCNC(=O)CSc2nnnn2-c2ccc(OC)cc2)cc1OCC. The van der Waals surface area contributed by atoms with Crippen molar-refractivity contribution in [3.8, 4) is 22.9 Å². The first-order valence-electron chi connectivity index (χ1n) is 10.3. The Bertz CT molecular complexity index is 1010. The fourth-order valence-electron chi connectivity index (χ4n) is 2.93. The molecule has 2 aromatic carbocycles. The predicted octanol–water partition coefficient (Wildman–Crippen LogP) is 2.92. The number of methoxy groups -OCH3 is 1. The van der Waals surface area contributed by atoms with Gasteiger partial charge in [-0.15, -0.1) is 5.10 Å². The second kappa shape index (κ2) is 11.9. The number of hydrogen-bond acceptors (Lipinski definition) is 8. The zero-order valence-electron chi connectivity index (χ0n) is 18.4. The van der Waals surface area contributed by atoms with E-state index < -0.39 is 0 Å². The van der Waals surface area contributed by atoms with Crippen LogP contribution in [0, 0.1) is 0 Å². The second-order valence-corrected chi connectivity index (χ2v) is 7.55. The number of benzene rings is 2. The molecule has 1 aromatic heterocycles. The lowest BCUT2D eigenvalue weighted by molar-refractivity contribution is -0.118. The molecule has 9 nitrogen and oxygen atoms in total. The summed E-state index contributed by atoms with van der Waals surface area (Å²) in [6, 6.07) is 13.2. The van der Waals surface area contributed by atoms with Crippen molar-refractivity contribution in [1.82, 2.24) is 25.5 Å². The first-order chi connectivity index (χ1) is 15.6. The Morgan fingerprint density at radius 2 is 1.81 bits per heavy atom. The average molecular weight is 458 g/mol. The van der Waals surface area contributed by atoms with Crippen LogP contribution in [0.5, 0.6) is 17.2 Å². The summed E-state index contributed by atoms with van der Waals surface area (Å²) in [4.78, 5) is 12.3. The maximum atomic E-state index is 12.3. The van der Waals surface area contributed by atoms with Crippen molar-refractivity contribution >= 4 is 17.7 Å². The minimum atomic E-state index is -0.0877. The van der Waals surface area contributed by atoms with Gasteiger partial charge in [0.25, 0.3) is 0 Å². The van der Waals surface area contributed by atoms with E-state index in [1.807, 2.05) is 56.3 Å². The van der Waals surface area contributed by atoms with Crippen molar-refractivity contribution in [2.75, 3.05) is 32.6 Å². The third kappa shape index (κ3) is 6.36. The lowest BCUT2D eigenvalue weighted by atomic mass is 10.1. The molecule has 0 saturated carbocycles. The maximum Gasteiger partial charge on any atom is 0.230 e. The minimum Gasteiger partial charge on any atom is -0.497 e. The number of nitrogens with one attached hydrogen (secondary N) is 1. The Balaban J connectivity index is 1.49. The van der Waals surface area contributed by atoms with Crippen molar-refractivity contribution < 1.29 is 19.0 Å². The number of aromatic nitrogens is 4. The van der Waals surface area contributed by atoms with E-state index >= 15 is 0 Å². The highest BCUT2D eigenvalue weighted by molar-refractivity contribution is 7.99. The number of nitrogens with zero attached hydrogens (tertiary/aromatic N) is 4. The molecule has 1 amide bonds. The van der Waals surface area contributed by atoms with Gasteiger partial charge in [-0.1, -0.05) is 17.8 Å². The molecule has 3 aromatic rings. The van der Waals surface area contributed by atoms with Gasteiger partial charge in [-0.3, -0.25) is 4.79 Å². The van der Waals surface area contributed by atoms with Crippen LogP contribution in [0.15, 0.2) is 47.6 Å². The molecule has 0 aliphatic rings. The van der Waals surface area contributed by atoms with Gasteiger partial charge in [0.05, 0.1) is 31.8 Å². The van der Waals surface area contributed by atoms with E-state index in [1.165, 1.54) is 11.8 Å². The fraction of sp³-hybridized carbons (Fsp3) is 0.364. The van der Waals surface area contributed by atoms with E-state index in [4.69, 9.17) is 14.2 Å². The zero-order chi connectivity index (χ0) is 22.8. The topological polar surface area (TPSA) is 100 Å². The largest absolute Gasteiger partial charge is 0.497 e. The number of hydrogen-bond donors (Lipinski definition) is 1. The standard InChI is InChI=1S/C22H27N5O4S/c1-4-30-19-11-6-16(14-20(19)31-5-2)12-13-23-21(28)15-32-22-24-25-26-27(22)17-7-9-18(29-3)10-8-17/h6-11,14H,4-5,12-13,15H2,1-3H3,(H,23,28). The third-order valence-corrected chi connectivity index (χ3v) is 5.35. The van der Waals surface area contributed by atoms with E-state index in [-0.39, 0.29) is 11.7 Å². The number of carbonyl (C=O) groups is 1. The molecule has 1 N–H and O–H groups in total. The third-order valence-electron chi connectivity index (χ3n) is 4.43. The first kappa shape index (κ1) is 23.4. The lowest BCUT2D eigenvalue weighted by Gasteiger charge is -2.12. The molecule has 0 atom stereocenters. The fourth-order valence-corrected chi connectivity index (χ4v) is 3.65. The molecule has 0 aliphatic carbocycles. The monoisotopic (exact) mass is 457 g/mol. The van der Waals surface area contributed by atoms with Crippen molar-refractivity contribution in [3.05, 3.63) is 48.0 Å². The summed E-state index contributed by atoms with van der Waals surface area (Å²) in [6.45, 7) is 5.53. The Morgan fingerprint density at radius 1 is 1.06 bits per heavy atom. The molecule has 0 spiro atoms. The summed E-state index contributed by atoms with van der Waals surface area (Å²) >= 11 is 1.28. The van der Waals surface area contributed by atoms with Crippen LogP contribution in [0.2, 0.25) is 0 Å². The van der Waals surface area contributed by atoms with Crippen LogP contribution in [-0.4, -0.2) is 58.7 Å². The summed E-state index contributed by atoms with van der Waals surface area (Å²) < 4.78 is 18.0. The van der Waals surface area contributed by atoms with Gasteiger partial charge in [-0.25, -0.2) is 0 Å². The van der Waals surface area contributed by atoms with Gasteiger partial charge >= 0.3 is 0 Å². The predicted molar refractivity (Wildman–Crippen MR) is 122 cm³/mol. The van der Waals surface area contributed by atoms with E-state index in [0.29, 0.717) is 31.3 Å². The molecule has 170 valence electrons. The quantitative estimate of drug-likeness (QED) is 0.415. The average Bonchev–Trinajstić information content (AvgIpc) is 3.28. The Kier molecular flexibility index (Phi) is 8.73. The highest BCUT2D eigenvalue weighted by Gasteiger charge is 2.12. The summed E-state index contributed by atoms with van der Waals surface area (Å²) in [5, 5.41) is 15.2. The summed E-state index contributed by atoms with van der Waals surface area (Å²) in [7, 11) is 1.61. The van der Waals surface area contributed by atoms with Gasteiger partial charge in [0, 0.05) is 6.54 Å². The first-order valence-corrected chi connectivity index (χ1v) is 11.3. The van der Waals surface area contributed by atoms with Crippen LogP contribution in [0.4, 0.5) is 0 Å². The molecule has 0 radical (unpaired) electrons. The van der Waals surface area contributed by atoms with Gasteiger partial charge < -0.3 is 19.5 Å². The Hall–Kier alpha value is -3.27.